The summed E-state index contributed by atoms with van der Waals surface area (Å²) in [6.07, 6.45) is 0.858. The van der Waals surface area contributed by atoms with Crippen molar-refractivity contribution in [2.45, 2.75) is 24.3 Å². The van der Waals surface area contributed by atoms with Gasteiger partial charge in [-0.2, -0.15) is 0 Å². The van der Waals surface area contributed by atoms with Gasteiger partial charge in [0, 0.05) is 23.8 Å². The highest BCUT2D eigenvalue weighted by Crippen LogP contribution is 2.19. The van der Waals surface area contributed by atoms with Crippen LogP contribution in [-0.2, 0) is 10.0 Å². The number of amides is 1. The third kappa shape index (κ3) is 5.18. The van der Waals surface area contributed by atoms with Crippen LogP contribution in [0.3, 0.4) is 0 Å². The second-order valence-corrected chi connectivity index (χ2v) is 7.94. The molecule has 0 radical (unpaired) electrons. The van der Waals surface area contributed by atoms with Crippen LogP contribution in [0.2, 0.25) is 0 Å². The van der Waals surface area contributed by atoms with Gasteiger partial charge in [0.25, 0.3) is 15.9 Å². The summed E-state index contributed by atoms with van der Waals surface area (Å²) in [6.45, 7) is 3.13. The van der Waals surface area contributed by atoms with E-state index < -0.39 is 15.8 Å². The van der Waals surface area contributed by atoms with Gasteiger partial charge in [0.15, 0.2) is 0 Å². The minimum Gasteiger partial charge on any atom is -0.348 e. The van der Waals surface area contributed by atoms with Gasteiger partial charge in [-0.1, -0.05) is 12.1 Å². The van der Waals surface area contributed by atoms with Gasteiger partial charge < -0.3 is 10.6 Å². The molecule has 0 spiro atoms. The highest BCUT2D eigenvalue weighted by Gasteiger charge is 2.19. The predicted octanol–water partition coefficient (Wildman–Crippen LogP) is 2.45. The fourth-order valence-electron chi connectivity index (χ4n) is 2.73. The molecule has 1 unspecified atom stereocenters. The molecule has 1 atom stereocenters. The molecule has 1 heterocycles. The first-order valence-corrected chi connectivity index (χ1v) is 9.74. The van der Waals surface area contributed by atoms with Gasteiger partial charge in [-0.15, -0.1) is 12.4 Å². The van der Waals surface area contributed by atoms with E-state index >= 15 is 0 Å². The first-order chi connectivity index (χ1) is 12.3. The molecule has 1 aliphatic heterocycles. The lowest BCUT2D eigenvalue weighted by Gasteiger charge is -2.13. The average Bonchev–Trinajstić information content (AvgIpc) is 3.10. The van der Waals surface area contributed by atoms with Crippen LogP contribution in [-0.4, -0.2) is 33.5 Å². The minimum absolute atomic E-state index is 0. The van der Waals surface area contributed by atoms with Crippen molar-refractivity contribution in [1.29, 1.82) is 0 Å². The average molecular weight is 414 g/mol. The van der Waals surface area contributed by atoms with Crippen molar-refractivity contribution in [3.8, 4) is 0 Å². The topological polar surface area (TPSA) is 87.3 Å². The van der Waals surface area contributed by atoms with Crippen molar-refractivity contribution in [2.24, 2.45) is 0 Å². The zero-order chi connectivity index (χ0) is 18.7. The lowest BCUT2D eigenvalue weighted by Crippen LogP contribution is -2.36. The molecular formula is C18H21ClFN3O3S. The van der Waals surface area contributed by atoms with Crippen LogP contribution in [0.1, 0.15) is 22.3 Å². The quantitative estimate of drug-likeness (QED) is 0.702. The van der Waals surface area contributed by atoms with Crippen LogP contribution in [0.4, 0.5) is 10.1 Å². The van der Waals surface area contributed by atoms with Crippen molar-refractivity contribution in [3.05, 3.63) is 59.4 Å². The van der Waals surface area contributed by atoms with Crippen LogP contribution in [0.25, 0.3) is 0 Å². The Bertz CT molecular complexity index is 931. The summed E-state index contributed by atoms with van der Waals surface area (Å²) < 4.78 is 40.9. The van der Waals surface area contributed by atoms with E-state index in [0.717, 1.165) is 25.6 Å². The van der Waals surface area contributed by atoms with Crippen LogP contribution >= 0.6 is 12.4 Å². The molecule has 1 aliphatic rings. The van der Waals surface area contributed by atoms with Crippen LogP contribution in [0, 0.1) is 12.7 Å². The van der Waals surface area contributed by atoms with Crippen LogP contribution < -0.4 is 15.4 Å². The van der Waals surface area contributed by atoms with E-state index in [2.05, 4.69) is 15.4 Å². The van der Waals surface area contributed by atoms with Gasteiger partial charge in [-0.25, -0.2) is 12.8 Å². The van der Waals surface area contributed by atoms with Crippen LogP contribution in [0.5, 0.6) is 0 Å². The molecule has 2 aromatic rings. The van der Waals surface area contributed by atoms with E-state index in [0.29, 0.717) is 11.1 Å². The Morgan fingerprint density at radius 1 is 1.22 bits per heavy atom. The molecule has 0 aliphatic carbocycles. The smallest absolute Gasteiger partial charge is 0.261 e. The molecule has 1 fully saturated rings. The number of carbonyl (C=O) groups is 1. The molecule has 1 amide bonds. The highest BCUT2D eigenvalue weighted by atomic mass is 35.5. The normalized spacial score (nSPS) is 16.4. The number of hydrogen-bond acceptors (Lipinski definition) is 4. The number of nitrogens with one attached hydrogen (secondary N) is 3. The molecule has 3 rings (SSSR count). The third-order valence-electron chi connectivity index (χ3n) is 4.23. The largest absolute Gasteiger partial charge is 0.348 e. The monoisotopic (exact) mass is 413 g/mol. The number of aryl methyl sites for hydroxylation is 1. The van der Waals surface area contributed by atoms with Gasteiger partial charge in [0.2, 0.25) is 0 Å². The lowest BCUT2D eigenvalue weighted by molar-refractivity contribution is 0.0940. The fraction of sp³-hybridized carbons (Fsp3) is 0.278. The maximum atomic E-state index is 13.7. The van der Waals surface area contributed by atoms with E-state index in [1.54, 1.807) is 19.1 Å². The molecule has 27 heavy (non-hydrogen) atoms. The molecule has 0 bridgehead atoms. The number of halogens is 2. The first kappa shape index (κ1) is 21.1. The maximum Gasteiger partial charge on any atom is 0.261 e. The van der Waals surface area contributed by atoms with E-state index in [9.17, 15) is 17.6 Å². The number of benzene rings is 2. The van der Waals surface area contributed by atoms with Crippen LogP contribution in [0.15, 0.2) is 47.4 Å². The summed E-state index contributed by atoms with van der Waals surface area (Å²) in [5, 5.41) is 6.06. The second kappa shape index (κ2) is 8.69. The number of anilines is 1. The summed E-state index contributed by atoms with van der Waals surface area (Å²) in [5.74, 6) is -0.854. The Hall–Kier alpha value is -2.16. The van der Waals surface area contributed by atoms with Crippen molar-refractivity contribution >= 4 is 34.0 Å². The Kier molecular flexibility index (Phi) is 6.80. The fourth-order valence-corrected chi connectivity index (χ4v) is 3.79. The van der Waals surface area contributed by atoms with E-state index in [4.69, 9.17) is 0 Å². The lowest BCUT2D eigenvalue weighted by atomic mass is 10.1. The zero-order valence-electron chi connectivity index (χ0n) is 14.7. The Morgan fingerprint density at radius 2 is 2.00 bits per heavy atom. The first-order valence-electron chi connectivity index (χ1n) is 8.26. The summed E-state index contributed by atoms with van der Waals surface area (Å²) in [7, 11) is -3.95. The van der Waals surface area contributed by atoms with Crippen molar-refractivity contribution in [3.63, 3.8) is 0 Å². The third-order valence-corrected chi connectivity index (χ3v) is 5.61. The minimum atomic E-state index is -3.95. The van der Waals surface area contributed by atoms with E-state index in [-0.39, 0.29) is 34.9 Å². The molecule has 6 nitrogen and oxygen atoms in total. The van der Waals surface area contributed by atoms with Crippen molar-refractivity contribution in [1.82, 2.24) is 10.6 Å². The van der Waals surface area contributed by atoms with E-state index in [1.165, 1.54) is 24.3 Å². The molecule has 3 N–H and O–H groups in total. The maximum absolute atomic E-state index is 13.7. The summed E-state index contributed by atoms with van der Waals surface area (Å²) >= 11 is 0. The summed E-state index contributed by atoms with van der Waals surface area (Å²) in [6, 6.07) is 9.99. The predicted molar refractivity (Wildman–Crippen MR) is 104 cm³/mol. The Morgan fingerprint density at radius 3 is 2.67 bits per heavy atom. The van der Waals surface area contributed by atoms with Gasteiger partial charge in [-0.05, 0) is 55.8 Å². The molecule has 2 aromatic carbocycles. The molecule has 1 saturated heterocycles. The molecule has 0 saturated carbocycles. The SMILES string of the molecule is Cc1ccc(S(=O)(=O)Nc2cccc(C(=O)NC3CCNC3)c2)cc1F.Cl. The van der Waals surface area contributed by atoms with Gasteiger partial charge in [0.05, 0.1) is 4.90 Å². The number of hydrogen-bond donors (Lipinski definition) is 3. The van der Waals surface area contributed by atoms with Gasteiger partial charge in [-0.3, -0.25) is 9.52 Å². The summed E-state index contributed by atoms with van der Waals surface area (Å²) in [4.78, 5) is 12.1. The number of carbonyl (C=O) groups excluding carboxylic acids is 1. The highest BCUT2D eigenvalue weighted by molar-refractivity contribution is 7.92. The number of rotatable bonds is 5. The Balaban J connectivity index is 0.00000261. The van der Waals surface area contributed by atoms with Crippen molar-refractivity contribution in [2.75, 3.05) is 17.8 Å². The van der Waals surface area contributed by atoms with Gasteiger partial charge >= 0.3 is 0 Å². The molecule has 0 aromatic heterocycles. The molecular weight excluding hydrogens is 393 g/mol. The number of sulfonamides is 1. The molecule has 146 valence electrons. The molecule has 9 heteroatoms. The van der Waals surface area contributed by atoms with Crippen molar-refractivity contribution < 1.29 is 17.6 Å². The van der Waals surface area contributed by atoms with E-state index in [1.807, 2.05) is 0 Å². The summed E-state index contributed by atoms with van der Waals surface area (Å²) in [5.41, 5.74) is 0.958. The Labute approximate surface area is 164 Å². The standard InChI is InChI=1S/C18H20FN3O3S.ClH/c1-12-5-6-16(10-17(12)19)26(24,25)22-14-4-2-3-13(9-14)18(23)21-15-7-8-20-11-15;/h2-6,9-10,15,20,22H,7-8,11H2,1H3,(H,21,23);1H. The second-order valence-electron chi connectivity index (χ2n) is 6.26. The zero-order valence-corrected chi connectivity index (χ0v) is 16.3. The van der Waals surface area contributed by atoms with Gasteiger partial charge in [0.1, 0.15) is 5.82 Å².